The van der Waals surface area contributed by atoms with E-state index >= 15 is 0 Å². The second-order valence-electron chi connectivity index (χ2n) is 29.4. The van der Waals surface area contributed by atoms with Crippen LogP contribution < -0.4 is 31.9 Å². The lowest BCUT2D eigenvalue weighted by Crippen LogP contribution is -2.70. The van der Waals surface area contributed by atoms with Gasteiger partial charge < -0.3 is 230 Å². The Morgan fingerprint density at radius 2 is 0.551 bits per heavy atom. The largest absolute Gasteiger partial charge is 0.394 e. The number of hydrogen-bond donors (Lipinski definition) is 30. The summed E-state index contributed by atoms with van der Waals surface area (Å²) in [6.07, 6.45) is -75.8. The summed E-state index contributed by atoms with van der Waals surface area (Å²) in [7, 11) is 0. The Labute approximate surface area is 670 Å². The number of aliphatic hydroxyl groups excluding tert-OH is 24. The first-order valence-electron chi connectivity index (χ1n) is 37.5. The zero-order chi connectivity index (χ0) is 87.5. The van der Waals surface area contributed by atoms with Gasteiger partial charge in [0.1, 0.15) is 213 Å². The molecule has 0 aromatic carbocycles. The summed E-state index contributed by atoms with van der Waals surface area (Å²) in [6.45, 7) is -4.86. The molecule has 118 heavy (non-hydrogen) atoms. The molecule has 52 nitrogen and oxygen atoms in total. The van der Waals surface area contributed by atoms with Crippen LogP contribution in [-0.4, -0.2) is 494 Å². The summed E-state index contributed by atoms with van der Waals surface area (Å²) in [5.41, 5.74) is 0. The Morgan fingerprint density at radius 3 is 0.890 bits per heavy atom. The Hall–Kier alpha value is -4.78. The van der Waals surface area contributed by atoms with Gasteiger partial charge in [0.2, 0.25) is 35.4 Å². The summed E-state index contributed by atoms with van der Waals surface area (Å²) >= 11 is 0. The van der Waals surface area contributed by atoms with Crippen molar-refractivity contribution >= 4 is 35.4 Å². The van der Waals surface area contributed by atoms with Crippen LogP contribution in [0.3, 0.4) is 0 Å². The van der Waals surface area contributed by atoms with E-state index in [1.54, 1.807) is 0 Å². The molecule has 8 fully saturated rings. The molecule has 8 aliphatic heterocycles. The molecular weight excluding hydrogens is 1610 g/mol. The van der Waals surface area contributed by atoms with Crippen molar-refractivity contribution in [2.24, 2.45) is 0 Å². The number of carbonyl (C=O) groups is 6. The highest BCUT2D eigenvalue weighted by Gasteiger charge is 2.60. The van der Waals surface area contributed by atoms with Gasteiger partial charge in [-0.05, 0) is 0 Å². The van der Waals surface area contributed by atoms with Gasteiger partial charge in [-0.15, -0.1) is 0 Å². The Balaban J connectivity index is 0.948. The number of amides is 6. The average molecular weight is 1730 g/mol. The normalized spacial score (nSPS) is 44.1. The maximum Gasteiger partial charge on any atom is 0.217 e. The lowest BCUT2D eigenvalue weighted by atomic mass is 9.94. The van der Waals surface area contributed by atoms with Gasteiger partial charge in [0.25, 0.3) is 0 Å². The Bertz CT molecular complexity index is 3170. The molecule has 682 valence electrons. The number of carbonyl (C=O) groups excluding carboxylic acids is 6. The van der Waals surface area contributed by atoms with Crippen LogP contribution in [0.15, 0.2) is 0 Å². The SMILES string of the molecule is CC(=O)N[C@H]1[C@H](O[C@H]2[C@@H](O)[C@@H](CO)O[C@@H](O[C@H]3[C@H](O)[C@@H](NC(C)=O)[C@H](OC[C@@H](O)[C@H](O)[C@H](O[C@@H]4O[C@H](CO)[C@@H](O[C@@H]5O[C@H](CO)[C@H](O[C@H]6O[C@H](CO)[C@@H](O)[C@H](O)[C@H]6NC(C)=O)[C@H](O)[C@H]5O)[C@H](O)[C@H]4NC(C)=O)[C@H](CO)NC(C)=O)O[C@@H]3CO)[C@@H]2O)O[C@H](CO)[C@@H](O[C@@H]2O[C@H](CO)[C@H](O[C@H]3O[C@H](CO)[C@@H](O)[C@H](O)[C@H]3NC(C)=O)[C@H](O)[C@H]2O)[C@@H]1O. The molecule has 8 rings (SSSR count). The third kappa shape index (κ3) is 23.0. The van der Waals surface area contributed by atoms with E-state index in [0.29, 0.717) is 0 Å². The molecule has 0 radical (unpaired) electrons. The van der Waals surface area contributed by atoms with Crippen molar-refractivity contribution < 1.29 is 227 Å². The molecule has 0 aromatic rings. The lowest BCUT2D eigenvalue weighted by molar-refractivity contribution is -0.382. The van der Waals surface area contributed by atoms with Crippen molar-refractivity contribution in [3.63, 3.8) is 0 Å². The van der Waals surface area contributed by atoms with E-state index in [1.807, 2.05) is 0 Å². The fourth-order valence-corrected chi connectivity index (χ4v) is 14.9. The van der Waals surface area contributed by atoms with E-state index in [1.165, 1.54) is 0 Å². The van der Waals surface area contributed by atoms with Crippen molar-refractivity contribution in [3.05, 3.63) is 0 Å². The summed E-state index contributed by atoms with van der Waals surface area (Å²) in [5, 5.41) is 280. The molecule has 6 amide bonds. The molecule has 52 heteroatoms. The standard InChI is InChI=1S/C66H112N6O46/c1-17(82)67-23(7-73)52(112-62-36(71-21(5)86)45(96)54(29(12-78)108-62)115-64-49(100)47(98)56(31(14-80)110-64)113-60-33(68-18(2)83)42(93)39(90)25(8-74)104-60)38(89)24(88)16-103-59-35(70-20(4)85)44(95)53(28(11-77)107-59)117-66-51(102)58(41(92)27(10-76)106-66)118-63-37(72-22(6)87)46(97)55(30(13-79)109-63)116-65-50(101)48(99)57(32(15-81)111-65)114-61-34(69-19(3)84)43(94)40(91)26(9-75)105-61/h23-66,73-81,88-102H,7-16H2,1-6H3,(H,67,82)(H,68,83)(H,69,84)(H,70,85)(H,71,86)(H,72,87)/t23-,24+,25+,26+,27+,28+,29+,30+,31+,32+,33+,34+,35+,36+,37+,38-,39+,40+,41-,42+,43+,44+,45+,46+,47+,48+,49+,50+,51+,52+,53+,54+,55+,56-,57-,58-,59+,60+,61+,62-,63-,64-,65-,66-/m0/s1. The van der Waals surface area contributed by atoms with Gasteiger partial charge in [-0.3, -0.25) is 28.8 Å². The van der Waals surface area contributed by atoms with E-state index < -0.39 is 371 Å². The topological polar surface area (TPSA) is 808 Å². The van der Waals surface area contributed by atoms with Crippen molar-refractivity contribution in [2.75, 3.05) is 66.1 Å². The minimum atomic E-state index is -2.43. The van der Waals surface area contributed by atoms with Crippen molar-refractivity contribution in [1.82, 2.24) is 31.9 Å². The zero-order valence-corrected chi connectivity index (χ0v) is 64.2. The molecule has 0 saturated carbocycles. The van der Waals surface area contributed by atoms with Crippen LogP contribution in [0, 0.1) is 0 Å². The van der Waals surface area contributed by atoms with Crippen molar-refractivity contribution in [2.45, 2.75) is 311 Å². The zero-order valence-electron chi connectivity index (χ0n) is 64.2. The minimum Gasteiger partial charge on any atom is -0.394 e. The number of rotatable bonds is 35. The van der Waals surface area contributed by atoms with Crippen LogP contribution in [0.2, 0.25) is 0 Å². The first kappa shape index (κ1) is 98.7. The van der Waals surface area contributed by atoms with E-state index in [4.69, 9.17) is 75.8 Å². The van der Waals surface area contributed by atoms with Gasteiger partial charge in [0.15, 0.2) is 50.3 Å². The molecule has 8 aliphatic rings. The highest BCUT2D eigenvalue weighted by Crippen LogP contribution is 2.39. The monoisotopic (exact) mass is 1720 g/mol. The predicted octanol–water partition coefficient (Wildman–Crippen LogP) is -20.1. The molecule has 0 aliphatic carbocycles. The fraction of sp³-hybridized carbons (Fsp3) is 0.909. The van der Waals surface area contributed by atoms with Gasteiger partial charge in [-0.2, -0.15) is 0 Å². The lowest BCUT2D eigenvalue weighted by Gasteiger charge is -2.50. The van der Waals surface area contributed by atoms with Gasteiger partial charge in [-0.1, -0.05) is 0 Å². The quantitative estimate of drug-likeness (QED) is 0.0280. The van der Waals surface area contributed by atoms with E-state index in [9.17, 15) is 151 Å². The number of ether oxygens (including phenoxy) is 16. The van der Waals surface area contributed by atoms with Crippen LogP contribution in [0.25, 0.3) is 0 Å². The van der Waals surface area contributed by atoms with Crippen molar-refractivity contribution in [3.8, 4) is 0 Å². The molecule has 0 unspecified atom stereocenters. The van der Waals surface area contributed by atoms with Crippen LogP contribution >= 0.6 is 0 Å². The number of hydrogen-bond acceptors (Lipinski definition) is 46. The Morgan fingerprint density at radius 1 is 0.288 bits per heavy atom. The second kappa shape index (κ2) is 44.2. The minimum absolute atomic E-state index is 0.760. The molecule has 0 spiro atoms. The maximum atomic E-state index is 12.9. The number of aliphatic hydroxyl groups is 24. The average Bonchev–Trinajstić information content (AvgIpc) is 0.774. The molecule has 8 heterocycles. The molecule has 0 bridgehead atoms. The van der Waals surface area contributed by atoms with Crippen LogP contribution in [0.1, 0.15) is 41.5 Å². The van der Waals surface area contributed by atoms with E-state index in [0.717, 1.165) is 41.5 Å². The Kier molecular flexibility index (Phi) is 37.0. The third-order valence-corrected chi connectivity index (χ3v) is 20.8. The summed E-state index contributed by atoms with van der Waals surface area (Å²) in [6, 6.07) is -10.7. The molecule has 0 aromatic heterocycles. The smallest absolute Gasteiger partial charge is 0.217 e. The van der Waals surface area contributed by atoms with Gasteiger partial charge >= 0.3 is 0 Å². The van der Waals surface area contributed by atoms with Gasteiger partial charge in [0.05, 0.1) is 72.1 Å². The molecule has 30 N–H and O–H groups in total. The van der Waals surface area contributed by atoms with Crippen molar-refractivity contribution in [1.29, 1.82) is 0 Å². The maximum absolute atomic E-state index is 12.9. The van der Waals surface area contributed by atoms with E-state index in [-0.39, 0.29) is 0 Å². The van der Waals surface area contributed by atoms with E-state index in [2.05, 4.69) is 31.9 Å². The highest BCUT2D eigenvalue weighted by molar-refractivity contribution is 5.75. The first-order valence-corrected chi connectivity index (χ1v) is 37.5. The van der Waals surface area contributed by atoms with Gasteiger partial charge in [-0.25, -0.2) is 0 Å². The van der Waals surface area contributed by atoms with Crippen LogP contribution in [-0.2, 0) is 105 Å². The number of nitrogens with one attached hydrogen (secondary N) is 6. The first-order chi connectivity index (χ1) is 55.8. The fourth-order valence-electron chi connectivity index (χ4n) is 14.9. The van der Waals surface area contributed by atoms with Crippen LogP contribution in [0.5, 0.6) is 0 Å². The molecule has 8 saturated heterocycles. The summed E-state index contributed by atoms with van der Waals surface area (Å²) < 4.78 is 93.6. The second-order valence-corrected chi connectivity index (χ2v) is 29.4. The van der Waals surface area contributed by atoms with Crippen LogP contribution in [0.4, 0.5) is 0 Å². The molecular formula is C66H112N6O46. The van der Waals surface area contributed by atoms with Gasteiger partial charge in [0, 0.05) is 41.5 Å². The summed E-state index contributed by atoms with van der Waals surface area (Å²) in [4.78, 5) is 75.5. The summed E-state index contributed by atoms with van der Waals surface area (Å²) in [5.74, 6) is -5.23. The highest BCUT2D eigenvalue weighted by atomic mass is 16.8. The third-order valence-electron chi connectivity index (χ3n) is 20.8. The predicted molar refractivity (Wildman–Crippen MR) is 369 cm³/mol. The molecule has 44 atom stereocenters.